The number of anilines is 2. The lowest BCUT2D eigenvalue weighted by molar-refractivity contribution is 0.638. The summed E-state index contributed by atoms with van der Waals surface area (Å²) < 4.78 is 0. The molecule has 1 saturated heterocycles. The van der Waals surface area contributed by atoms with E-state index in [1.165, 1.54) is 10.3 Å². The van der Waals surface area contributed by atoms with Crippen LogP contribution in [-0.2, 0) is 0 Å². The number of aromatic nitrogens is 4. The summed E-state index contributed by atoms with van der Waals surface area (Å²) >= 11 is 1.73. The van der Waals surface area contributed by atoms with Crippen molar-refractivity contribution in [2.75, 3.05) is 36.0 Å². The van der Waals surface area contributed by atoms with Crippen LogP contribution in [0.5, 0.6) is 0 Å². The maximum Gasteiger partial charge on any atom is 0.140 e. The molecule has 0 bridgehead atoms. The van der Waals surface area contributed by atoms with Crippen molar-refractivity contribution in [1.29, 1.82) is 0 Å². The van der Waals surface area contributed by atoms with Crippen molar-refractivity contribution < 1.29 is 0 Å². The second-order valence-corrected chi connectivity index (χ2v) is 7.91. The van der Waals surface area contributed by atoms with Gasteiger partial charge in [0.05, 0.1) is 5.39 Å². The number of nitrogens with zero attached hydrogens (tertiary/aromatic N) is 6. The first kappa shape index (κ1) is 16.2. The minimum atomic E-state index is 0.345. The minimum absolute atomic E-state index is 0.345. The first-order valence-corrected chi connectivity index (χ1v) is 9.47. The topological polar surface area (TPSA) is 58.0 Å². The molecule has 0 spiro atoms. The van der Waals surface area contributed by atoms with Crippen molar-refractivity contribution in [3.05, 3.63) is 35.4 Å². The standard InChI is InChI=1S/C18H22N6S/c1-12(2)16-19-5-4-15(22-16)23-6-8-24(9-7-23)17-14-10-13(3)25-18(14)21-11-20-17/h4-5,10-12H,6-9H2,1-3H3. The van der Waals surface area contributed by atoms with Crippen LogP contribution in [0.25, 0.3) is 10.2 Å². The van der Waals surface area contributed by atoms with Crippen molar-refractivity contribution in [3.8, 4) is 0 Å². The summed E-state index contributed by atoms with van der Waals surface area (Å²) in [5.74, 6) is 3.33. The molecule has 1 aliphatic rings. The summed E-state index contributed by atoms with van der Waals surface area (Å²) in [5.41, 5.74) is 0. The molecule has 4 rings (SSSR count). The van der Waals surface area contributed by atoms with Crippen molar-refractivity contribution in [3.63, 3.8) is 0 Å². The number of aryl methyl sites for hydroxylation is 1. The minimum Gasteiger partial charge on any atom is -0.353 e. The Bertz CT molecular complexity index is 882. The Balaban J connectivity index is 1.52. The second kappa shape index (κ2) is 6.55. The Kier molecular flexibility index (Phi) is 4.25. The normalized spacial score (nSPS) is 15.4. The van der Waals surface area contributed by atoms with E-state index in [0.717, 1.165) is 48.5 Å². The third kappa shape index (κ3) is 3.16. The van der Waals surface area contributed by atoms with Crippen molar-refractivity contribution in [2.24, 2.45) is 0 Å². The molecule has 0 aromatic carbocycles. The molecule has 6 nitrogen and oxygen atoms in total. The molecule has 3 aromatic heterocycles. The molecule has 0 aliphatic carbocycles. The fraction of sp³-hybridized carbons (Fsp3) is 0.444. The Labute approximate surface area is 151 Å². The number of piperazine rings is 1. The predicted molar refractivity (Wildman–Crippen MR) is 103 cm³/mol. The summed E-state index contributed by atoms with van der Waals surface area (Å²) in [6.07, 6.45) is 3.55. The highest BCUT2D eigenvalue weighted by atomic mass is 32.1. The first-order valence-electron chi connectivity index (χ1n) is 8.66. The van der Waals surface area contributed by atoms with Gasteiger partial charge in [0.1, 0.15) is 28.6 Å². The molecule has 0 atom stereocenters. The van der Waals surface area contributed by atoms with E-state index >= 15 is 0 Å². The van der Waals surface area contributed by atoms with Gasteiger partial charge in [0, 0.05) is 43.2 Å². The van der Waals surface area contributed by atoms with Crippen LogP contribution in [0.15, 0.2) is 24.7 Å². The average Bonchev–Trinajstić information content (AvgIpc) is 3.02. The van der Waals surface area contributed by atoms with E-state index in [1.54, 1.807) is 17.7 Å². The zero-order valence-electron chi connectivity index (χ0n) is 14.8. The molecule has 0 radical (unpaired) electrons. The van der Waals surface area contributed by atoms with Gasteiger partial charge in [0.25, 0.3) is 0 Å². The fourth-order valence-corrected chi connectivity index (χ4v) is 4.02. The van der Waals surface area contributed by atoms with Gasteiger partial charge in [-0.2, -0.15) is 0 Å². The third-order valence-electron chi connectivity index (χ3n) is 4.51. The summed E-state index contributed by atoms with van der Waals surface area (Å²) in [4.78, 5) is 25.1. The lowest BCUT2D eigenvalue weighted by atomic mass is 10.2. The van der Waals surface area contributed by atoms with Crippen LogP contribution in [0.3, 0.4) is 0 Å². The van der Waals surface area contributed by atoms with E-state index in [-0.39, 0.29) is 0 Å². The fourth-order valence-electron chi connectivity index (χ4n) is 3.18. The molecular formula is C18H22N6S. The lowest BCUT2D eigenvalue weighted by Gasteiger charge is -2.36. The summed E-state index contributed by atoms with van der Waals surface area (Å²) in [5, 5.41) is 1.17. The van der Waals surface area contributed by atoms with Gasteiger partial charge in [-0.05, 0) is 19.1 Å². The number of rotatable bonds is 3. The van der Waals surface area contributed by atoms with Gasteiger partial charge >= 0.3 is 0 Å². The second-order valence-electron chi connectivity index (χ2n) is 6.67. The smallest absolute Gasteiger partial charge is 0.140 e. The first-order chi connectivity index (χ1) is 12.1. The highest BCUT2D eigenvalue weighted by Crippen LogP contribution is 2.30. The van der Waals surface area contributed by atoms with Crippen LogP contribution in [0.4, 0.5) is 11.6 Å². The summed E-state index contributed by atoms with van der Waals surface area (Å²) in [7, 11) is 0. The zero-order valence-corrected chi connectivity index (χ0v) is 15.6. The van der Waals surface area contributed by atoms with Crippen LogP contribution >= 0.6 is 11.3 Å². The predicted octanol–water partition coefficient (Wildman–Crippen LogP) is 3.24. The van der Waals surface area contributed by atoms with E-state index in [1.807, 2.05) is 12.3 Å². The molecule has 25 heavy (non-hydrogen) atoms. The number of thiophene rings is 1. The van der Waals surface area contributed by atoms with Gasteiger partial charge < -0.3 is 9.80 Å². The van der Waals surface area contributed by atoms with Crippen LogP contribution < -0.4 is 9.80 Å². The molecule has 0 saturated carbocycles. The van der Waals surface area contributed by atoms with Gasteiger partial charge in [-0.25, -0.2) is 19.9 Å². The SMILES string of the molecule is Cc1cc2c(N3CCN(c4ccnc(C(C)C)n4)CC3)ncnc2s1. The molecule has 0 unspecified atom stereocenters. The van der Waals surface area contributed by atoms with Gasteiger partial charge in [-0.1, -0.05) is 13.8 Å². The monoisotopic (exact) mass is 354 g/mol. The quantitative estimate of drug-likeness (QED) is 0.720. The van der Waals surface area contributed by atoms with E-state index in [4.69, 9.17) is 4.98 Å². The van der Waals surface area contributed by atoms with Gasteiger partial charge in [0.2, 0.25) is 0 Å². The van der Waals surface area contributed by atoms with E-state index < -0.39 is 0 Å². The van der Waals surface area contributed by atoms with Gasteiger partial charge in [-0.3, -0.25) is 0 Å². The zero-order chi connectivity index (χ0) is 17.4. The Morgan fingerprint density at radius 2 is 1.80 bits per heavy atom. The van der Waals surface area contributed by atoms with E-state index in [0.29, 0.717) is 5.92 Å². The van der Waals surface area contributed by atoms with Crippen molar-refractivity contribution in [1.82, 2.24) is 19.9 Å². The number of hydrogen-bond acceptors (Lipinski definition) is 7. The third-order valence-corrected chi connectivity index (χ3v) is 5.47. The van der Waals surface area contributed by atoms with Crippen LogP contribution in [-0.4, -0.2) is 46.1 Å². The molecule has 1 aliphatic heterocycles. The van der Waals surface area contributed by atoms with E-state index in [2.05, 4.69) is 51.6 Å². The lowest BCUT2D eigenvalue weighted by Crippen LogP contribution is -2.47. The molecule has 7 heteroatoms. The largest absolute Gasteiger partial charge is 0.353 e. The maximum atomic E-state index is 4.72. The molecule has 1 fully saturated rings. The highest BCUT2D eigenvalue weighted by molar-refractivity contribution is 7.18. The van der Waals surface area contributed by atoms with Crippen LogP contribution in [0.1, 0.15) is 30.5 Å². The highest BCUT2D eigenvalue weighted by Gasteiger charge is 2.22. The van der Waals surface area contributed by atoms with Crippen LogP contribution in [0.2, 0.25) is 0 Å². The Morgan fingerprint density at radius 1 is 1.04 bits per heavy atom. The number of fused-ring (bicyclic) bond motifs is 1. The summed E-state index contributed by atoms with van der Waals surface area (Å²) in [6.45, 7) is 10.1. The molecule has 0 N–H and O–H groups in total. The van der Waals surface area contributed by atoms with Crippen LogP contribution in [0, 0.1) is 6.92 Å². The van der Waals surface area contributed by atoms with Crippen molar-refractivity contribution in [2.45, 2.75) is 26.7 Å². The molecule has 130 valence electrons. The maximum absolute atomic E-state index is 4.72. The van der Waals surface area contributed by atoms with E-state index in [9.17, 15) is 0 Å². The summed E-state index contributed by atoms with van der Waals surface area (Å²) in [6, 6.07) is 4.20. The molecular weight excluding hydrogens is 332 g/mol. The average molecular weight is 354 g/mol. The Morgan fingerprint density at radius 3 is 2.56 bits per heavy atom. The Hall–Kier alpha value is -2.28. The van der Waals surface area contributed by atoms with Gasteiger partial charge in [-0.15, -0.1) is 11.3 Å². The van der Waals surface area contributed by atoms with Gasteiger partial charge in [0.15, 0.2) is 0 Å². The molecule has 4 heterocycles. The number of hydrogen-bond donors (Lipinski definition) is 0. The molecule has 0 amide bonds. The molecule has 3 aromatic rings. The van der Waals surface area contributed by atoms with Crippen molar-refractivity contribution >= 4 is 33.2 Å².